The zero-order chi connectivity index (χ0) is 25.9. The van der Waals surface area contributed by atoms with E-state index in [0.717, 1.165) is 54.4 Å². The highest BCUT2D eigenvalue weighted by molar-refractivity contribution is 14.1. The molecular formula is C26H31IN6O2S2. The van der Waals surface area contributed by atoms with E-state index in [9.17, 15) is 4.79 Å². The lowest BCUT2D eigenvalue weighted by molar-refractivity contribution is -0.116. The van der Waals surface area contributed by atoms with Crippen LogP contribution in [0.2, 0.25) is 0 Å². The van der Waals surface area contributed by atoms with Crippen LogP contribution in [0.3, 0.4) is 0 Å². The number of methoxy groups -OCH3 is 1. The fourth-order valence-corrected chi connectivity index (χ4v) is 7.42. The van der Waals surface area contributed by atoms with Crippen molar-refractivity contribution in [3.05, 3.63) is 41.0 Å². The van der Waals surface area contributed by atoms with Crippen LogP contribution in [-0.2, 0) is 20.5 Å². The van der Waals surface area contributed by atoms with Crippen LogP contribution < -0.4 is 16.0 Å². The van der Waals surface area contributed by atoms with Crippen molar-refractivity contribution in [2.45, 2.75) is 43.3 Å². The normalized spacial score (nSPS) is 17.3. The van der Waals surface area contributed by atoms with Gasteiger partial charge in [0.25, 0.3) is 0 Å². The summed E-state index contributed by atoms with van der Waals surface area (Å²) < 4.78 is 8.93. The topological polar surface area (TPSA) is 93.1 Å². The number of halogens is 1. The van der Waals surface area contributed by atoms with Crippen molar-refractivity contribution in [3.8, 4) is 21.7 Å². The van der Waals surface area contributed by atoms with Gasteiger partial charge in [0.2, 0.25) is 5.91 Å². The number of alkyl halides is 1. The minimum Gasteiger partial charge on any atom is -0.383 e. The van der Waals surface area contributed by atoms with Crippen LogP contribution >= 0.6 is 45.3 Å². The lowest BCUT2D eigenvalue weighted by atomic mass is 9.95. The molecule has 3 N–H and O–H groups in total. The standard InChI is InChI=1S/C26H31IN6O2S2/c1-15-10-19-23(26(37-24(19)16(2)30-15)32-22(34)6-7-28-8-9-35-3)25-31-20-11-17(4-5-21(20)36-25)18-12-29-33(13-18)14-27/h4-5,11-13,15-16,28,30H,6-10,14H2,1-3H3,(H,32,34). The molecule has 2 atom stereocenters. The third-order valence-corrected chi connectivity index (χ3v) is 9.51. The highest BCUT2D eigenvalue weighted by Gasteiger charge is 2.30. The molecule has 8 nitrogen and oxygen atoms in total. The largest absolute Gasteiger partial charge is 0.383 e. The van der Waals surface area contributed by atoms with E-state index in [4.69, 9.17) is 9.72 Å². The van der Waals surface area contributed by atoms with Gasteiger partial charge in [-0.25, -0.2) is 4.98 Å². The summed E-state index contributed by atoms with van der Waals surface area (Å²) in [6.07, 6.45) is 5.28. The highest BCUT2D eigenvalue weighted by atomic mass is 127. The number of carbonyl (C=O) groups excluding carboxylic acids is 1. The smallest absolute Gasteiger partial charge is 0.226 e. The zero-order valence-electron chi connectivity index (χ0n) is 21.1. The van der Waals surface area contributed by atoms with E-state index in [1.807, 2.05) is 10.9 Å². The monoisotopic (exact) mass is 650 g/mol. The first-order valence-corrected chi connectivity index (χ1v) is 15.5. The number of thiophene rings is 1. The van der Waals surface area contributed by atoms with Crippen LogP contribution in [0.25, 0.3) is 31.9 Å². The summed E-state index contributed by atoms with van der Waals surface area (Å²) in [6, 6.07) is 7.01. The van der Waals surface area contributed by atoms with E-state index in [0.29, 0.717) is 25.6 Å². The maximum atomic E-state index is 12.9. The van der Waals surface area contributed by atoms with Gasteiger partial charge in [-0.2, -0.15) is 5.10 Å². The van der Waals surface area contributed by atoms with Gasteiger partial charge in [-0.1, -0.05) is 28.7 Å². The van der Waals surface area contributed by atoms with Gasteiger partial charge >= 0.3 is 0 Å². The number of benzene rings is 1. The number of anilines is 1. The molecule has 1 aliphatic rings. The Balaban J connectivity index is 1.47. The molecule has 5 rings (SSSR count). The Morgan fingerprint density at radius 3 is 2.92 bits per heavy atom. The van der Waals surface area contributed by atoms with Gasteiger partial charge in [0, 0.05) is 60.9 Å². The summed E-state index contributed by atoms with van der Waals surface area (Å²) >= 11 is 5.67. The van der Waals surface area contributed by atoms with Gasteiger partial charge in [0.1, 0.15) is 10.0 Å². The first-order chi connectivity index (χ1) is 18.0. The number of hydrogen-bond donors (Lipinski definition) is 3. The Kier molecular flexibility index (Phi) is 8.57. The molecule has 0 saturated heterocycles. The Morgan fingerprint density at radius 2 is 2.14 bits per heavy atom. The average molecular weight is 651 g/mol. The molecule has 1 aromatic carbocycles. The van der Waals surface area contributed by atoms with Gasteiger partial charge in [-0.05, 0) is 43.5 Å². The second-order valence-corrected chi connectivity index (χ2v) is 12.0. The Morgan fingerprint density at radius 1 is 1.27 bits per heavy atom. The summed E-state index contributed by atoms with van der Waals surface area (Å²) in [5, 5.41) is 16.4. The highest BCUT2D eigenvalue weighted by Crippen LogP contribution is 2.47. The van der Waals surface area contributed by atoms with E-state index >= 15 is 0 Å². The van der Waals surface area contributed by atoms with Crippen molar-refractivity contribution in [3.63, 3.8) is 0 Å². The van der Waals surface area contributed by atoms with Gasteiger partial charge in [0.15, 0.2) is 0 Å². The molecule has 4 aromatic rings. The Hall–Kier alpha value is -1.90. The molecular weight excluding hydrogens is 619 g/mol. The summed E-state index contributed by atoms with van der Waals surface area (Å²) in [4.78, 5) is 19.2. The van der Waals surface area contributed by atoms with Gasteiger partial charge in [0.05, 0.1) is 27.6 Å². The summed E-state index contributed by atoms with van der Waals surface area (Å²) in [5.41, 5.74) is 5.55. The SMILES string of the molecule is COCCNCCC(=O)Nc1sc2c(c1-c1nc3cc(-c4cnn(CI)c4)ccc3s1)CC(C)NC2C. The number of rotatable bonds is 10. The molecule has 3 aromatic heterocycles. The average Bonchev–Trinajstić information content (AvgIpc) is 3.60. The molecule has 11 heteroatoms. The molecule has 2 unspecified atom stereocenters. The number of nitrogens with one attached hydrogen (secondary N) is 3. The van der Waals surface area contributed by atoms with E-state index in [-0.39, 0.29) is 11.9 Å². The second kappa shape index (κ2) is 11.9. The molecule has 1 amide bonds. The molecule has 1 aliphatic heterocycles. The van der Waals surface area contributed by atoms with E-state index < -0.39 is 0 Å². The van der Waals surface area contributed by atoms with Crippen LogP contribution in [0.5, 0.6) is 0 Å². The van der Waals surface area contributed by atoms with Gasteiger partial charge in [-0.15, -0.1) is 22.7 Å². The predicted molar refractivity (Wildman–Crippen MR) is 161 cm³/mol. The second-order valence-electron chi connectivity index (χ2n) is 9.27. The lowest BCUT2D eigenvalue weighted by Crippen LogP contribution is -2.35. The molecule has 196 valence electrons. The molecule has 0 fully saturated rings. The molecule has 0 spiro atoms. The number of thiazole rings is 1. The van der Waals surface area contributed by atoms with E-state index in [2.05, 4.69) is 81.9 Å². The molecule has 0 radical (unpaired) electrons. The number of ether oxygens (including phenoxy) is 1. The fourth-order valence-electron chi connectivity index (χ4n) is 4.70. The van der Waals surface area contributed by atoms with E-state index in [1.165, 1.54) is 10.4 Å². The lowest BCUT2D eigenvalue weighted by Gasteiger charge is -2.26. The number of hydrogen-bond acceptors (Lipinski definition) is 8. The molecule has 0 bridgehead atoms. The minimum absolute atomic E-state index is 0.00842. The van der Waals surface area contributed by atoms with Crippen molar-refractivity contribution in [1.82, 2.24) is 25.4 Å². The minimum atomic E-state index is 0.00842. The predicted octanol–water partition coefficient (Wildman–Crippen LogP) is 5.44. The summed E-state index contributed by atoms with van der Waals surface area (Å²) in [7, 11) is 1.67. The van der Waals surface area contributed by atoms with Crippen LogP contribution in [-0.4, -0.2) is 53.5 Å². The van der Waals surface area contributed by atoms with Crippen LogP contribution in [0.1, 0.15) is 36.8 Å². The summed E-state index contributed by atoms with van der Waals surface area (Å²) in [6.45, 7) is 6.39. The van der Waals surface area contributed by atoms with Crippen molar-refractivity contribution in [1.29, 1.82) is 0 Å². The third-order valence-electron chi connectivity index (χ3n) is 6.43. The van der Waals surface area contributed by atoms with Gasteiger partial charge in [-0.3, -0.25) is 9.48 Å². The number of carbonyl (C=O) groups is 1. The van der Waals surface area contributed by atoms with Gasteiger partial charge < -0.3 is 20.7 Å². The first kappa shape index (κ1) is 26.7. The van der Waals surface area contributed by atoms with Crippen molar-refractivity contribution < 1.29 is 9.53 Å². The number of aromatic nitrogens is 3. The Labute approximate surface area is 238 Å². The number of amides is 1. The maximum absolute atomic E-state index is 12.9. The van der Waals surface area contributed by atoms with E-state index in [1.54, 1.807) is 29.8 Å². The maximum Gasteiger partial charge on any atom is 0.226 e. The number of fused-ring (bicyclic) bond motifs is 2. The fraction of sp³-hybridized carbons (Fsp3) is 0.423. The van der Waals surface area contributed by atoms with Crippen LogP contribution in [0.15, 0.2) is 30.6 Å². The molecule has 0 aliphatic carbocycles. The summed E-state index contributed by atoms with van der Waals surface area (Å²) in [5.74, 6) is 0.00842. The first-order valence-electron chi connectivity index (χ1n) is 12.4. The number of nitrogens with zero attached hydrogens (tertiary/aromatic N) is 3. The zero-order valence-corrected chi connectivity index (χ0v) is 24.9. The van der Waals surface area contributed by atoms with Crippen LogP contribution in [0.4, 0.5) is 5.00 Å². The van der Waals surface area contributed by atoms with Crippen molar-refractivity contribution in [2.24, 2.45) is 0 Å². The van der Waals surface area contributed by atoms with Crippen LogP contribution in [0, 0.1) is 0 Å². The third kappa shape index (κ3) is 5.91. The Bertz CT molecular complexity index is 1400. The molecule has 0 saturated carbocycles. The van der Waals surface area contributed by atoms with Crippen molar-refractivity contribution in [2.75, 3.05) is 32.1 Å². The molecule has 4 heterocycles. The molecule has 37 heavy (non-hydrogen) atoms. The van der Waals surface area contributed by atoms with Crippen molar-refractivity contribution >= 4 is 66.4 Å². The quantitative estimate of drug-likeness (QED) is 0.120.